The third kappa shape index (κ3) is 3.90. The Hall–Kier alpha value is -2.91. The van der Waals surface area contributed by atoms with Crippen LogP contribution >= 0.6 is 11.6 Å². The number of benzene rings is 1. The molecule has 10 heteroatoms. The van der Waals surface area contributed by atoms with Gasteiger partial charge in [0.1, 0.15) is 11.4 Å². The smallest absolute Gasteiger partial charge is 0.319 e. The molecule has 0 radical (unpaired) electrons. The number of hydrogen-bond acceptors (Lipinski definition) is 4. The molecule has 0 spiro atoms. The highest BCUT2D eigenvalue weighted by molar-refractivity contribution is 6.36. The number of carbonyl (C=O) groups is 1. The summed E-state index contributed by atoms with van der Waals surface area (Å²) in [6, 6.07) is 2.61. The Morgan fingerprint density at radius 1 is 1.37 bits per heavy atom. The van der Waals surface area contributed by atoms with Crippen LogP contribution in [-0.4, -0.2) is 34.2 Å². The topological polar surface area (TPSA) is 88.3 Å². The van der Waals surface area contributed by atoms with Crippen LogP contribution in [0.15, 0.2) is 30.6 Å². The SMILES string of the molecule is CC1(C)OCCC1NC(=O)Nc1cc(F)c(Oc2ccnc3[nH]cc(Cl)c23)c(F)c1. The third-order valence-electron chi connectivity index (χ3n) is 4.98. The van der Waals surface area contributed by atoms with Crippen molar-refractivity contribution in [1.82, 2.24) is 15.3 Å². The fourth-order valence-electron chi connectivity index (χ4n) is 3.37. The summed E-state index contributed by atoms with van der Waals surface area (Å²) < 4.78 is 40.2. The number of nitrogens with one attached hydrogen (secondary N) is 3. The molecule has 1 aliphatic rings. The van der Waals surface area contributed by atoms with E-state index in [0.29, 0.717) is 29.1 Å². The maximum absolute atomic E-state index is 14.6. The quantitative estimate of drug-likeness (QED) is 0.538. The van der Waals surface area contributed by atoms with Crippen LogP contribution in [0.1, 0.15) is 20.3 Å². The zero-order chi connectivity index (χ0) is 21.5. The molecule has 2 amide bonds. The second-order valence-electron chi connectivity index (χ2n) is 7.43. The van der Waals surface area contributed by atoms with Crippen molar-refractivity contribution in [2.45, 2.75) is 31.9 Å². The van der Waals surface area contributed by atoms with Gasteiger partial charge in [-0.15, -0.1) is 0 Å². The molecule has 1 atom stereocenters. The minimum atomic E-state index is -0.980. The van der Waals surface area contributed by atoms with E-state index < -0.39 is 29.0 Å². The van der Waals surface area contributed by atoms with Gasteiger partial charge in [0.15, 0.2) is 17.4 Å². The van der Waals surface area contributed by atoms with Crippen LogP contribution in [-0.2, 0) is 4.74 Å². The van der Waals surface area contributed by atoms with Gasteiger partial charge in [0.25, 0.3) is 0 Å². The number of anilines is 1. The van der Waals surface area contributed by atoms with Crippen molar-refractivity contribution in [2.75, 3.05) is 11.9 Å². The lowest BCUT2D eigenvalue weighted by Crippen LogP contribution is -2.47. The Kier molecular flexibility index (Phi) is 5.25. The molecule has 1 saturated heterocycles. The van der Waals surface area contributed by atoms with Crippen molar-refractivity contribution < 1.29 is 23.0 Å². The molecule has 3 heterocycles. The number of carbonyl (C=O) groups excluding carboxylic acids is 1. The first-order valence-corrected chi connectivity index (χ1v) is 9.62. The number of pyridine rings is 1. The summed E-state index contributed by atoms with van der Waals surface area (Å²) in [5.41, 5.74) is -0.140. The molecule has 2 aromatic heterocycles. The van der Waals surface area contributed by atoms with E-state index in [1.807, 2.05) is 13.8 Å². The van der Waals surface area contributed by atoms with E-state index in [9.17, 15) is 13.6 Å². The number of hydrogen-bond donors (Lipinski definition) is 3. The molecule has 1 aliphatic heterocycles. The number of urea groups is 1. The predicted molar refractivity (Wildman–Crippen MR) is 108 cm³/mol. The van der Waals surface area contributed by atoms with E-state index in [2.05, 4.69) is 20.6 Å². The Labute approximate surface area is 175 Å². The van der Waals surface area contributed by atoms with Crippen LogP contribution in [0.4, 0.5) is 19.3 Å². The molecule has 7 nitrogen and oxygen atoms in total. The molecular weight excluding hydrogens is 418 g/mol. The maximum Gasteiger partial charge on any atom is 0.319 e. The number of ether oxygens (including phenoxy) is 2. The summed E-state index contributed by atoms with van der Waals surface area (Å²) in [7, 11) is 0. The van der Waals surface area contributed by atoms with E-state index in [1.54, 1.807) is 0 Å². The van der Waals surface area contributed by atoms with Crippen molar-refractivity contribution in [1.29, 1.82) is 0 Å². The van der Waals surface area contributed by atoms with E-state index in [1.165, 1.54) is 18.5 Å². The first kappa shape index (κ1) is 20.4. The zero-order valence-electron chi connectivity index (χ0n) is 16.2. The van der Waals surface area contributed by atoms with Gasteiger partial charge < -0.3 is 25.1 Å². The second kappa shape index (κ2) is 7.73. The van der Waals surface area contributed by atoms with Crippen LogP contribution < -0.4 is 15.4 Å². The van der Waals surface area contributed by atoms with Gasteiger partial charge in [-0.1, -0.05) is 11.6 Å². The molecule has 0 aliphatic carbocycles. The fourth-order valence-corrected chi connectivity index (χ4v) is 3.61. The summed E-state index contributed by atoms with van der Waals surface area (Å²) >= 11 is 6.09. The van der Waals surface area contributed by atoms with Crippen LogP contribution in [0.5, 0.6) is 11.5 Å². The Balaban J connectivity index is 1.52. The van der Waals surface area contributed by atoms with Crippen molar-refractivity contribution >= 4 is 34.4 Å². The number of halogens is 3. The second-order valence-corrected chi connectivity index (χ2v) is 7.84. The van der Waals surface area contributed by atoms with Gasteiger partial charge >= 0.3 is 6.03 Å². The maximum atomic E-state index is 14.6. The lowest BCUT2D eigenvalue weighted by molar-refractivity contribution is 0.0238. The van der Waals surface area contributed by atoms with E-state index in [0.717, 1.165) is 12.1 Å². The third-order valence-corrected chi connectivity index (χ3v) is 5.28. The summed E-state index contributed by atoms with van der Waals surface area (Å²) in [4.78, 5) is 19.1. The molecule has 0 bridgehead atoms. The molecule has 4 rings (SSSR count). The largest absolute Gasteiger partial charge is 0.450 e. The summed E-state index contributed by atoms with van der Waals surface area (Å²) in [5.74, 6) is -2.43. The number of aromatic nitrogens is 2. The number of H-pyrrole nitrogens is 1. The van der Waals surface area contributed by atoms with Gasteiger partial charge in [0, 0.05) is 36.8 Å². The average molecular weight is 437 g/mol. The first-order valence-electron chi connectivity index (χ1n) is 9.24. The van der Waals surface area contributed by atoms with Crippen LogP contribution in [0.2, 0.25) is 5.02 Å². The highest BCUT2D eigenvalue weighted by Gasteiger charge is 2.36. The Morgan fingerprint density at radius 2 is 2.10 bits per heavy atom. The van der Waals surface area contributed by atoms with Gasteiger partial charge in [0.2, 0.25) is 0 Å². The average Bonchev–Trinajstić information content (AvgIpc) is 3.21. The van der Waals surface area contributed by atoms with Crippen molar-refractivity contribution in [2.24, 2.45) is 0 Å². The Bertz CT molecular complexity index is 1100. The van der Waals surface area contributed by atoms with Crippen molar-refractivity contribution in [3.8, 4) is 11.5 Å². The monoisotopic (exact) mass is 436 g/mol. The normalized spacial score (nSPS) is 17.8. The first-order chi connectivity index (χ1) is 14.2. The van der Waals surface area contributed by atoms with Crippen molar-refractivity contribution in [3.05, 3.63) is 47.2 Å². The molecule has 1 aromatic carbocycles. The van der Waals surface area contributed by atoms with Gasteiger partial charge in [-0.05, 0) is 26.3 Å². The van der Waals surface area contributed by atoms with Crippen LogP contribution in [0.25, 0.3) is 11.0 Å². The van der Waals surface area contributed by atoms with Crippen LogP contribution in [0, 0.1) is 11.6 Å². The summed E-state index contributed by atoms with van der Waals surface area (Å²) in [6.07, 6.45) is 3.58. The number of rotatable bonds is 4. The fraction of sp³-hybridized carbons (Fsp3) is 0.300. The van der Waals surface area contributed by atoms with Gasteiger partial charge in [-0.2, -0.15) is 0 Å². The molecule has 1 unspecified atom stereocenters. The summed E-state index contributed by atoms with van der Waals surface area (Å²) in [5, 5.41) is 5.91. The molecule has 3 aromatic rings. The van der Waals surface area contributed by atoms with Gasteiger partial charge in [0.05, 0.1) is 22.1 Å². The molecule has 30 heavy (non-hydrogen) atoms. The lowest BCUT2D eigenvalue weighted by Gasteiger charge is -2.26. The minimum Gasteiger partial charge on any atom is -0.450 e. The zero-order valence-corrected chi connectivity index (χ0v) is 16.9. The minimum absolute atomic E-state index is 0.0499. The standard InChI is InChI=1S/C20H19ClF2N4O3/c1-20(2)15(4-6-29-20)27-19(28)26-10-7-12(22)17(13(23)8-10)30-14-3-5-24-18-16(14)11(21)9-25-18/h3,5,7-9,15H,4,6H2,1-2H3,(H,24,25)(H2,26,27,28). The number of fused-ring (bicyclic) bond motifs is 1. The number of amides is 2. The predicted octanol–water partition coefficient (Wildman–Crippen LogP) is 4.98. The molecule has 3 N–H and O–H groups in total. The molecular formula is C20H19ClF2N4O3. The van der Waals surface area contributed by atoms with Crippen molar-refractivity contribution in [3.63, 3.8) is 0 Å². The summed E-state index contributed by atoms with van der Waals surface area (Å²) in [6.45, 7) is 4.26. The molecule has 158 valence electrons. The van der Waals surface area contributed by atoms with E-state index in [-0.39, 0.29) is 17.5 Å². The lowest BCUT2D eigenvalue weighted by atomic mass is 9.99. The number of aromatic amines is 1. The highest BCUT2D eigenvalue weighted by Crippen LogP contribution is 2.36. The van der Waals surface area contributed by atoms with Gasteiger partial charge in [-0.3, -0.25) is 0 Å². The van der Waals surface area contributed by atoms with E-state index in [4.69, 9.17) is 21.1 Å². The van der Waals surface area contributed by atoms with E-state index >= 15 is 0 Å². The Morgan fingerprint density at radius 3 is 2.77 bits per heavy atom. The van der Waals surface area contributed by atoms with Crippen LogP contribution in [0.3, 0.4) is 0 Å². The highest BCUT2D eigenvalue weighted by atomic mass is 35.5. The number of nitrogens with zero attached hydrogens (tertiary/aromatic N) is 1. The molecule has 1 fully saturated rings. The van der Waals surface area contributed by atoms with Gasteiger partial charge in [-0.25, -0.2) is 18.6 Å². The molecule has 0 saturated carbocycles.